The SMILES string of the molecule is CCCS(=O)(=O)N[C@H]1C[C@@H](C)[C@@H](c2nnc3cnc4[nH]ccc4n23)C1. The van der Waals surface area contributed by atoms with Crippen LogP contribution in [0, 0.1) is 5.92 Å². The number of sulfonamides is 1. The van der Waals surface area contributed by atoms with Gasteiger partial charge in [0.15, 0.2) is 11.3 Å². The van der Waals surface area contributed by atoms with Crippen LogP contribution < -0.4 is 4.72 Å². The van der Waals surface area contributed by atoms with Gasteiger partial charge in [-0.1, -0.05) is 13.8 Å². The van der Waals surface area contributed by atoms with Crippen molar-refractivity contribution in [3.05, 3.63) is 24.3 Å². The minimum Gasteiger partial charge on any atom is -0.345 e. The molecule has 0 unspecified atom stereocenters. The maximum atomic E-state index is 12.1. The maximum Gasteiger partial charge on any atom is 0.211 e. The predicted molar refractivity (Wildman–Crippen MR) is 94.8 cm³/mol. The fourth-order valence-corrected chi connectivity index (χ4v) is 5.28. The van der Waals surface area contributed by atoms with Crippen LogP contribution in [0.1, 0.15) is 44.9 Å². The third kappa shape index (κ3) is 2.91. The van der Waals surface area contributed by atoms with Gasteiger partial charge in [0.1, 0.15) is 5.82 Å². The maximum absolute atomic E-state index is 12.1. The van der Waals surface area contributed by atoms with E-state index >= 15 is 0 Å². The van der Waals surface area contributed by atoms with Crippen LogP contribution in [0.15, 0.2) is 18.5 Å². The summed E-state index contributed by atoms with van der Waals surface area (Å²) in [6, 6.07) is 1.91. The molecule has 4 rings (SSSR count). The molecule has 0 saturated heterocycles. The van der Waals surface area contributed by atoms with Gasteiger partial charge in [-0.15, -0.1) is 10.2 Å². The van der Waals surface area contributed by atoms with E-state index in [1.54, 1.807) is 6.20 Å². The number of hydrogen-bond donors (Lipinski definition) is 2. The van der Waals surface area contributed by atoms with Gasteiger partial charge in [-0.3, -0.25) is 4.40 Å². The Bertz CT molecular complexity index is 1010. The molecule has 0 spiro atoms. The molecule has 0 aromatic carbocycles. The van der Waals surface area contributed by atoms with E-state index in [0.717, 1.165) is 29.8 Å². The predicted octanol–water partition coefficient (Wildman–Crippen LogP) is 1.82. The number of hydrogen-bond acceptors (Lipinski definition) is 5. The number of nitrogens with zero attached hydrogens (tertiary/aromatic N) is 4. The van der Waals surface area contributed by atoms with Crippen LogP contribution in [-0.2, 0) is 10.0 Å². The fourth-order valence-electron chi connectivity index (χ4n) is 3.92. The summed E-state index contributed by atoms with van der Waals surface area (Å²) in [7, 11) is -3.21. The largest absolute Gasteiger partial charge is 0.345 e. The first kappa shape index (κ1) is 16.5. The molecule has 9 heteroatoms. The Kier molecular flexibility index (Phi) is 3.99. The standard InChI is InChI=1S/C16H22N6O2S/c1-3-6-25(23,24)21-11-7-10(2)12(8-11)16-20-19-14-9-18-15-13(22(14)16)4-5-17-15/h4-5,9-12,17,21H,3,6-8H2,1-2H3/t10-,11+,12+/m1/s1. The van der Waals surface area contributed by atoms with Gasteiger partial charge in [-0.2, -0.15) is 0 Å². The molecule has 0 aliphatic heterocycles. The van der Waals surface area contributed by atoms with E-state index < -0.39 is 10.0 Å². The average Bonchev–Trinajstić information content (AvgIpc) is 3.23. The second-order valence-electron chi connectivity index (χ2n) is 6.91. The summed E-state index contributed by atoms with van der Waals surface area (Å²) in [5.74, 6) is 1.53. The zero-order valence-electron chi connectivity index (χ0n) is 14.3. The Morgan fingerprint density at radius 1 is 1.36 bits per heavy atom. The first-order chi connectivity index (χ1) is 12.0. The van der Waals surface area contributed by atoms with E-state index in [-0.39, 0.29) is 17.7 Å². The van der Waals surface area contributed by atoms with Crippen molar-refractivity contribution in [1.29, 1.82) is 0 Å². The van der Waals surface area contributed by atoms with Gasteiger partial charge in [0.2, 0.25) is 10.0 Å². The molecule has 3 atom stereocenters. The summed E-state index contributed by atoms with van der Waals surface area (Å²) in [5.41, 5.74) is 2.45. The van der Waals surface area contributed by atoms with E-state index in [1.807, 2.05) is 23.6 Å². The van der Waals surface area contributed by atoms with Gasteiger partial charge in [0, 0.05) is 18.2 Å². The zero-order valence-corrected chi connectivity index (χ0v) is 15.1. The number of aromatic amines is 1. The highest BCUT2D eigenvalue weighted by atomic mass is 32.2. The van der Waals surface area contributed by atoms with Crippen molar-refractivity contribution >= 4 is 26.8 Å². The van der Waals surface area contributed by atoms with Gasteiger partial charge in [0.05, 0.1) is 17.5 Å². The Morgan fingerprint density at radius 2 is 2.20 bits per heavy atom. The van der Waals surface area contributed by atoms with Crippen LogP contribution in [-0.4, -0.2) is 44.8 Å². The van der Waals surface area contributed by atoms with Crippen LogP contribution in [0.3, 0.4) is 0 Å². The molecule has 1 aliphatic rings. The first-order valence-corrected chi connectivity index (χ1v) is 10.3. The second-order valence-corrected chi connectivity index (χ2v) is 8.78. The third-order valence-electron chi connectivity index (χ3n) is 5.00. The third-order valence-corrected chi connectivity index (χ3v) is 6.64. The molecule has 134 valence electrons. The lowest BCUT2D eigenvalue weighted by Gasteiger charge is -2.13. The van der Waals surface area contributed by atoms with Crippen molar-refractivity contribution in [1.82, 2.24) is 29.3 Å². The van der Waals surface area contributed by atoms with Gasteiger partial charge >= 0.3 is 0 Å². The summed E-state index contributed by atoms with van der Waals surface area (Å²) >= 11 is 0. The molecule has 25 heavy (non-hydrogen) atoms. The molecule has 1 fully saturated rings. The summed E-state index contributed by atoms with van der Waals surface area (Å²) in [6.45, 7) is 4.02. The average molecular weight is 362 g/mol. The summed E-state index contributed by atoms with van der Waals surface area (Å²) in [4.78, 5) is 7.45. The summed E-state index contributed by atoms with van der Waals surface area (Å²) < 4.78 is 29.0. The van der Waals surface area contributed by atoms with E-state index in [9.17, 15) is 8.42 Å². The van der Waals surface area contributed by atoms with E-state index in [1.165, 1.54) is 0 Å². The normalized spacial score (nSPS) is 24.5. The zero-order chi connectivity index (χ0) is 17.6. The monoisotopic (exact) mass is 362 g/mol. The molecule has 1 aliphatic carbocycles. The van der Waals surface area contributed by atoms with E-state index in [2.05, 4.69) is 31.8 Å². The molecular formula is C16H22N6O2S. The number of aromatic nitrogens is 5. The highest BCUT2D eigenvalue weighted by Crippen LogP contribution is 2.39. The number of rotatable bonds is 5. The lowest BCUT2D eigenvalue weighted by atomic mass is 9.97. The van der Waals surface area contributed by atoms with E-state index in [4.69, 9.17) is 0 Å². The van der Waals surface area contributed by atoms with Crippen molar-refractivity contribution in [2.45, 2.75) is 45.1 Å². The fraction of sp³-hybridized carbons (Fsp3) is 0.562. The van der Waals surface area contributed by atoms with E-state index in [0.29, 0.717) is 18.0 Å². The number of nitrogens with one attached hydrogen (secondary N) is 2. The smallest absolute Gasteiger partial charge is 0.211 e. The molecule has 0 bridgehead atoms. The topological polar surface area (TPSA) is 105 Å². The van der Waals surface area contributed by atoms with Crippen molar-refractivity contribution in [3.8, 4) is 0 Å². The Balaban J connectivity index is 1.66. The minimum absolute atomic E-state index is 0.0487. The molecule has 3 aromatic rings. The highest BCUT2D eigenvalue weighted by molar-refractivity contribution is 7.89. The van der Waals surface area contributed by atoms with Crippen LogP contribution in [0.2, 0.25) is 0 Å². The highest BCUT2D eigenvalue weighted by Gasteiger charge is 2.37. The number of H-pyrrole nitrogens is 1. The van der Waals surface area contributed by atoms with Crippen molar-refractivity contribution in [2.24, 2.45) is 5.92 Å². The molecule has 0 amide bonds. The van der Waals surface area contributed by atoms with Crippen LogP contribution in [0.25, 0.3) is 16.8 Å². The molecule has 2 N–H and O–H groups in total. The quantitative estimate of drug-likeness (QED) is 0.720. The van der Waals surface area contributed by atoms with Crippen LogP contribution >= 0.6 is 0 Å². The van der Waals surface area contributed by atoms with Crippen molar-refractivity contribution in [3.63, 3.8) is 0 Å². The van der Waals surface area contributed by atoms with Gasteiger partial charge < -0.3 is 4.98 Å². The summed E-state index contributed by atoms with van der Waals surface area (Å²) in [5, 5.41) is 8.66. The van der Waals surface area contributed by atoms with Gasteiger partial charge in [-0.25, -0.2) is 18.1 Å². The number of fused-ring (bicyclic) bond motifs is 3. The van der Waals surface area contributed by atoms with Gasteiger partial charge in [0.25, 0.3) is 0 Å². The lowest BCUT2D eigenvalue weighted by Crippen LogP contribution is -2.34. The molecule has 3 aromatic heterocycles. The molecule has 1 saturated carbocycles. The Labute approximate surface area is 146 Å². The molecular weight excluding hydrogens is 340 g/mol. The molecule has 3 heterocycles. The first-order valence-electron chi connectivity index (χ1n) is 8.65. The molecule has 8 nitrogen and oxygen atoms in total. The Hall–Kier alpha value is -2.00. The minimum atomic E-state index is -3.21. The van der Waals surface area contributed by atoms with Crippen molar-refractivity contribution in [2.75, 3.05) is 5.75 Å². The lowest BCUT2D eigenvalue weighted by molar-refractivity contribution is 0.505. The molecule has 0 radical (unpaired) electrons. The van der Waals surface area contributed by atoms with Crippen molar-refractivity contribution < 1.29 is 8.42 Å². The van der Waals surface area contributed by atoms with Crippen LogP contribution in [0.4, 0.5) is 0 Å². The second kappa shape index (κ2) is 6.06. The van der Waals surface area contributed by atoms with Crippen LogP contribution in [0.5, 0.6) is 0 Å². The Morgan fingerprint density at radius 3 is 3.00 bits per heavy atom. The summed E-state index contributed by atoms with van der Waals surface area (Å²) in [6.07, 6.45) is 5.72. The van der Waals surface area contributed by atoms with Gasteiger partial charge in [-0.05, 0) is 31.2 Å².